The molecule has 110 valence electrons. The van der Waals surface area contributed by atoms with E-state index in [4.69, 9.17) is 0 Å². The number of carbonyl (C=O) groups is 1. The van der Waals surface area contributed by atoms with Crippen LogP contribution in [0.3, 0.4) is 0 Å². The summed E-state index contributed by atoms with van der Waals surface area (Å²) in [4.78, 5) is 24.7. The Morgan fingerprint density at radius 2 is 1.95 bits per heavy atom. The molecule has 1 fully saturated rings. The fourth-order valence-corrected chi connectivity index (χ4v) is 2.37. The molecule has 1 saturated heterocycles. The van der Waals surface area contributed by atoms with Gasteiger partial charge in [0, 0.05) is 44.4 Å². The minimum absolute atomic E-state index is 0.289. The molecule has 0 atom stereocenters. The Morgan fingerprint density at radius 3 is 2.55 bits per heavy atom. The van der Waals surface area contributed by atoms with E-state index in [1.54, 1.807) is 6.33 Å². The van der Waals surface area contributed by atoms with Crippen molar-refractivity contribution in [1.29, 1.82) is 0 Å². The van der Waals surface area contributed by atoms with Gasteiger partial charge in [-0.05, 0) is 19.3 Å². The maximum absolute atomic E-state index is 12.1. The van der Waals surface area contributed by atoms with Gasteiger partial charge in [0.1, 0.15) is 12.1 Å². The van der Waals surface area contributed by atoms with Crippen molar-refractivity contribution in [2.75, 3.05) is 31.1 Å². The molecule has 1 aliphatic heterocycles. The molecule has 0 unspecified atom stereocenters. The van der Waals surface area contributed by atoms with Crippen LogP contribution in [-0.4, -0.2) is 47.0 Å². The van der Waals surface area contributed by atoms with Crippen LogP contribution in [0.5, 0.6) is 0 Å². The average molecular weight is 276 g/mol. The lowest BCUT2D eigenvalue weighted by atomic mass is 10.1. The zero-order valence-electron chi connectivity index (χ0n) is 12.7. The molecule has 5 nitrogen and oxygen atoms in total. The van der Waals surface area contributed by atoms with Gasteiger partial charge in [-0.1, -0.05) is 13.8 Å². The minimum atomic E-state index is 0.289. The summed E-state index contributed by atoms with van der Waals surface area (Å²) in [7, 11) is 0. The molecule has 1 aromatic heterocycles. The van der Waals surface area contributed by atoms with Crippen LogP contribution in [0.25, 0.3) is 0 Å². The third-order valence-corrected chi connectivity index (χ3v) is 3.68. The van der Waals surface area contributed by atoms with Crippen LogP contribution in [-0.2, 0) is 4.79 Å². The Labute approximate surface area is 121 Å². The van der Waals surface area contributed by atoms with E-state index in [2.05, 4.69) is 28.7 Å². The quantitative estimate of drug-likeness (QED) is 0.842. The molecule has 0 radical (unpaired) electrons. The molecule has 20 heavy (non-hydrogen) atoms. The first-order valence-corrected chi connectivity index (χ1v) is 7.37. The third kappa shape index (κ3) is 3.92. The first-order valence-electron chi connectivity index (χ1n) is 7.37. The number of carbonyl (C=O) groups excluding carboxylic acids is 1. The lowest BCUT2D eigenvalue weighted by Gasteiger charge is -2.35. The highest BCUT2D eigenvalue weighted by Gasteiger charge is 2.21. The van der Waals surface area contributed by atoms with Gasteiger partial charge >= 0.3 is 0 Å². The normalized spacial score (nSPS) is 15.8. The molecular formula is C15H24N4O. The molecule has 0 spiro atoms. The monoisotopic (exact) mass is 276 g/mol. The number of nitrogens with zero attached hydrogens (tertiary/aromatic N) is 4. The van der Waals surface area contributed by atoms with E-state index >= 15 is 0 Å². The number of amides is 1. The van der Waals surface area contributed by atoms with Gasteiger partial charge in [0.05, 0.1) is 0 Å². The molecule has 2 heterocycles. The predicted molar refractivity (Wildman–Crippen MR) is 79.6 cm³/mol. The Balaban J connectivity index is 1.84. The molecule has 0 saturated carbocycles. The fourth-order valence-electron chi connectivity index (χ4n) is 2.37. The van der Waals surface area contributed by atoms with E-state index in [9.17, 15) is 4.79 Å². The third-order valence-electron chi connectivity index (χ3n) is 3.68. The second kappa shape index (κ2) is 6.68. The minimum Gasteiger partial charge on any atom is -0.353 e. The van der Waals surface area contributed by atoms with E-state index in [-0.39, 0.29) is 5.91 Å². The van der Waals surface area contributed by atoms with E-state index in [0.717, 1.165) is 44.1 Å². The number of rotatable bonds is 4. The Hall–Kier alpha value is -1.65. The van der Waals surface area contributed by atoms with E-state index in [1.165, 1.54) is 0 Å². The van der Waals surface area contributed by atoms with Crippen molar-refractivity contribution in [2.24, 2.45) is 5.92 Å². The van der Waals surface area contributed by atoms with Crippen LogP contribution >= 0.6 is 0 Å². The molecule has 5 heteroatoms. The summed E-state index contributed by atoms with van der Waals surface area (Å²) in [5, 5.41) is 0. The van der Waals surface area contributed by atoms with Gasteiger partial charge in [-0.3, -0.25) is 4.79 Å². The van der Waals surface area contributed by atoms with Gasteiger partial charge < -0.3 is 9.80 Å². The summed E-state index contributed by atoms with van der Waals surface area (Å²) in [5.74, 6) is 1.84. The summed E-state index contributed by atoms with van der Waals surface area (Å²) in [6.07, 6.45) is 3.25. The summed E-state index contributed by atoms with van der Waals surface area (Å²) in [6, 6.07) is 2.00. The first kappa shape index (κ1) is 14.8. The van der Waals surface area contributed by atoms with Crippen molar-refractivity contribution >= 4 is 11.7 Å². The Bertz CT molecular complexity index is 453. The molecular weight excluding hydrogens is 252 g/mol. The molecule has 0 aromatic carbocycles. The highest BCUT2D eigenvalue weighted by atomic mass is 16.2. The van der Waals surface area contributed by atoms with Gasteiger partial charge in [0.25, 0.3) is 0 Å². The zero-order chi connectivity index (χ0) is 14.5. The largest absolute Gasteiger partial charge is 0.353 e. The maximum Gasteiger partial charge on any atom is 0.222 e. The predicted octanol–water partition coefficient (Wildman–Crippen LogP) is 1.87. The maximum atomic E-state index is 12.1. The molecule has 0 aliphatic carbocycles. The van der Waals surface area contributed by atoms with E-state index < -0.39 is 0 Å². The zero-order valence-corrected chi connectivity index (χ0v) is 12.7. The molecule has 1 aliphatic rings. The summed E-state index contributed by atoms with van der Waals surface area (Å²) in [6.45, 7) is 9.57. The molecule has 0 bridgehead atoms. The molecule has 1 aromatic rings. The number of anilines is 1. The van der Waals surface area contributed by atoms with Crippen molar-refractivity contribution in [3.8, 4) is 0 Å². The average Bonchev–Trinajstić information content (AvgIpc) is 2.45. The number of hydrogen-bond acceptors (Lipinski definition) is 4. The van der Waals surface area contributed by atoms with E-state index in [1.807, 2.05) is 17.9 Å². The summed E-state index contributed by atoms with van der Waals surface area (Å²) in [5.41, 5.74) is 0.977. The number of aromatic nitrogens is 2. The summed E-state index contributed by atoms with van der Waals surface area (Å²) >= 11 is 0. The fraction of sp³-hybridized carbons (Fsp3) is 0.667. The molecule has 2 rings (SSSR count). The topological polar surface area (TPSA) is 49.3 Å². The lowest BCUT2D eigenvalue weighted by molar-refractivity contribution is -0.131. The lowest BCUT2D eigenvalue weighted by Crippen LogP contribution is -2.49. The second-order valence-electron chi connectivity index (χ2n) is 5.82. The van der Waals surface area contributed by atoms with Crippen molar-refractivity contribution in [3.63, 3.8) is 0 Å². The van der Waals surface area contributed by atoms with Crippen LogP contribution in [0.15, 0.2) is 12.4 Å². The number of piperazine rings is 1. The van der Waals surface area contributed by atoms with Gasteiger partial charge in [-0.2, -0.15) is 0 Å². The van der Waals surface area contributed by atoms with Crippen molar-refractivity contribution < 1.29 is 4.79 Å². The number of hydrogen-bond donors (Lipinski definition) is 0. The van der Waals surface area contributed by atoms with Crippen LogP contribution in [0, 0.1) is 12.8 Å². The first-order chi connectivity index (χ1) is 9.56. The van der Waals surface area contributed by atoms with Crippen molar-refractivity contribution in [1.82, 2.24) is 14.9 Å². The second-order valence-corrected chi connectivity index (χ2v) is 5.82. The smallest absolute Gasteiger partial charge is 0.222 e. The SMILES string of the molecule is Cc1cc(N2CCN(C(=O)CCC(C)C)CC2)ncn1. The standard InChI is InChI=1S/C15H24N4O/c1-12(2)4-5-15(20)19-8-6-18(7-9-19)14-10-13(3)16-11-17-14/h10-12H,4-9H2,1-3H3. The molecule has 1 amide bonds. The van der Waals surface area contributed by atoms with E-state index in [0.29, 0.717) is 12.3 Å². The molecule has 0 N–H and O–H groups in total. The number of aryl methyl sites for hydroxylation is 1. The van der Waals surface area contributed by atoms with Crippen LogP contribution in [0.4, 0.5) is 5.82 Å². The van der Waals surface area contributed by atoms with Crippen LogP contribution < -0.4 is 4.90 Å². The van der Waals surface area contributed by atoms with Gasteiger partial charge in [-0.25, -0.2) is 9.97 Å². The highest BCUT2D eigenvalue weighted by Crippen LogP contribution is 2.15. The van der Waals surface area contributed by atoms with Gasteiger partial charge in [0.2, 0.25) is 5.91 Å². The van der Waals surface area contributed by atoms with Crippen LogP contribution in [0.1, 0.15) is 32.4 Å². The summed E-state index contributed by atoms with van der Waals surface area (Å²) < 4.78 is 0. The van der Waals surface area contributed by atoms with Gasteiger partial charge in [0.15, 0.2) is 0 Å². The highest BCUT2D eigenvalue weighted by molar-refractivity contribution is 5.76. The van der Waals surface area contributed by atoms with Gasteiger partial charge in [-0.15, -0.1) is 0 Å². The van der Waals surface area contributed by atoms with Crippen molar-refractivity contribution in [3.05, 3.63) is 18.1 Å². The Morgan fingerprint density at radius 1 is 1.25 bits per heavy atom. The Kier molecular flexibility index (Phi) is 4.93. The van der Waals surface area contributed by atoms with Crippen molar-refractivity contribution in [2.45, 2.75) is 33.6 Å². The van der Waals surface area contributed by atoms with Crippen LogP contribution in [0.2, 0.25) is 0 Å².